The molecule has 1 rings (SSSR count). The first-order valence-electron chi connectivity index (χ1n) is 5.40. The summed E-state index contributed by atoms with van der Waals surface area (Å²) in [5.41, 5.74) is 3.91. The van der Waals surface area contributed by atoms with E-state index in [1.165, 1.54) is 0 Å². The molecule has 0 fully saturated rings. The van der Waals surface area contributed by atoms with Crippen LogP contribution in [0.2, 0.25) is 0 Å². The molecule has 0 aliphatic carbocycles. The lowest BCUT2D eigenvalue weighted by Gasteiger charge is -2.12. The number of ketones is 1. The Morgan fingerprint density at radius 3 is 1.93 bits per heavy atom. The molecule has 0 aromatic heterocycles. The van der Waals surface area contributed by atoms with E-state index in [2.05, 4.69) is 0 Å². The van der Waals surface area contributed by atoms with Crippen LogP contribution in [0.25, 0.3) is 0 Å². The topological polar surface area (TPSA) is 37.3 Å². The molecule has 0 saturated carbocycles. The third-order valence-electron chi connectivity index (χ3n) is 2.76. The van der Waals surface area contributed by atoms with Crippen molar-refractivity contribution in [3.05, 3.63) is 34.4 Å². The smallest absolute Gasteiger partial charge is 0.159 e. The predicted molar refractivity (Wildman–Crippen MR) is 61.1 cm³/mol. The highest BCUT2D eigenvalue weighted by Crippen LogP contribution is 2.20. The van der Waals surface area contributed by atoms with Gasteiger partial charge in [-0.15, -0.1) is 0 Å². The fourth-order valence-corrected chi connectivity index (χ4v) is 1.83. The van der Waals surface area contributed by atoms with Crippen molar-refractivity contribution in [1.29, 1.82) is 0 Å². The first kappa shape index (κ1) is 11.9. The third-order valence-corrected chi connectivity index (χ3v) is 2.76. The first-order chi connectivity index (χ1) is 7.13. The first-order valence-corrected chi connectivity index (χ1v) is 5.40. The van der Waals surface area contributed by atoms with Crippen LogP contribution in [-0.2, 0) is 19.4 Å². The Balaban J connectivity index is 3.35. The highest BCUT2D eigenvalue weighted by Gasteiger charge is 2.09. The van der Waals surface area contributed by atoms with Crippen molar-refractivity contribution in [2.45, 2.75) is 40.2 Å². The van der Waals surface area contributed by atoms with Gasteiger partial charge in [-0.2, -0.15) is 0 Å². The quantitative estimate of drug-likeness (QED) is 0.768. The molecular formula is C13H18O2. The summed E-state index contributed by atoms with van der Waals surface area (Å²) in [4.78, 5) is 11.3. The molecule has 2 nitrogen and oxygen atoms in total. The Morgan fingerprint density at radius 2 is 1.67 bits per heavy atom. The monoisotopic (exact) mass is 206 g/mol. The van der Waals surface area contributed by atoms with Gasteiger partial charge in [0.25, 0.3) is 0 Å². The minimum atomic E-state index is 0.0601. The second-order valence-electron chi connectivity index (χ2n) is 3.69. The van der Waals surface area contributed by atoms with E-state index in [1.807, 2.05) is 26.0 Å². The van der Waals surface area contributed by atoms with Gasteiger partial charge in [0.15, 0.2) is 5.78 Å². The molecule has 82 valence electrons. The Bertz CT molecular complexity index is 342. The van der Waals surface area contributed by atoms with E-state index in [0.717, 1.165) is 35.1 Å². The number of benzene rings is 1. The summed E-state index contributed by atoms with van der Waals surface area (Å²) in [6, 6.07) is 3.79. The summed E-state index contributed by atoms with van der Waals surface area (Å²) in [7, 11) is 0. The summed E-state index contributed by atoms with van der Waals surface area (Å²) in [5.74, 6) is 0.0869. The maximum absolute atomic E-state index is 11.3. The van der Waals surface area contributed by atoms with Gasteiger partial charge >= 0.3 is 0 Å². The third kappa shape index (κ3) is 2.45. The van der Waals surface area contributed by atoms with Gasteiger partial charge in [0.05, 0.1) is 6.61 Å². The molecule has 1 N–H and O–H groups in total. The largest absolute Gasteiger partial charge is 0.392 e. The SMILES string of the molecule is CCc1cc(C(C)=O)cc(CC)c1CO. The zero-order chi connectivity index (χ0) is 11.4. The average molecular weight is 206 g/mol. The molecule has 1 aromatic rings. The van der Waals surface area contributed by atoms with Gasteiger partial charge in [0.1, 0.15) is 0 Å². The van der Waals surface area contributed by atoms with Crippen LogP contribution in [-0.4, -0.2) is 10.9 Å². The number of aliphatic hydroxyl groups excluding tert-OH is 1. The number of aryl methyl sites for hydroxylation is 2. The molecule has 0 spiro atoms. The lowest BCUT2D eigenvalue weighted by atomic mass is 9.94. The molecule has 0 aliphatic heterocycles. The number of hydrogen-bond acceptors (Lipinski definition) is 2. The highest BCUT2D eigenvalue weighted by molar-refractivity contribution is 5.94. The normalized spacial score (nSPS) is 10.4. The molecule has 0 radical (unpaired) electrons. The fraction of sp³-hybridized carbons (Fsp3) is 0.462. The van der Waals surface area contributed by atoms with Gasteiger partial charge in [-0.25, -0.2) is 0 Å². The number of carbonyl (C=O) groups excluding carboxylic acids is 1. The van der Waals surface area contributed by atoms with Crippen molar-refractivity contribution < 1.29 is 9.90 Å². The Hall–Kier alpha value is -1.15. The highest BCUT2D eigenvalue weighted by atomic mass is 16.3. The molecule has 15 heavy (non-hydrogen) atoms. The molecular weight excluding hydrogens is 188 g/mol. The number of Topliss-reactive ketones (excluding diaryl/α,β-unsaturated/α-hetero) is 1. The van der Waals surface area contributed by atoms with Gasteiger partial charge < -0.3 is 5.11 Å². The van der Waals surface area contributed by atoms with Gasteiger partial charge in [-0.05, 0) is 48.6 Å². The maximum atomic E-state index is 11.3. The molecule has 0 bridgehead atoms. The molecule has 0 aliphatic rings. The number of rotatable bonds is 4. The van der Waals surface area contributed by atoms with Crippen LogP contribution in [0.15, 0.2) is 12.1 Å². The Labute approximate surface area is 90.9 Å². The van der Waals surface area contributed by atoms with E-state index >= 15 is 0 Å². The van der Waals surface area contributed by atoms with Gasteiger partial charge in [-0.1, -0.05) is 13.8 Å². The standard InChI is InChI=1S/C13H18O2/c1-4-10-6-12(9(3)15)7-11(5-2)13(10)8-14/h6-7,14H,4-5,8H2,1-3H3. The number of hydrogen-bond donors (Lipinski definition) is 1. The van der Waals surface area contributed by atoms with Crippen LogP contribution in [0.3, 0.4) is 0 Å². The van der Waals surface area contributed by atoms with Crippen LogP contribution in [0, 0.1) is 0 Å². The zero-order valence-corrected chi connectivity index (χ0v) is 9.63. The van der Waals surface area contributed by atoms with Crippen LogP contribution in [0.4, 0.5) is 0 Å². The van der Waals surface area contributed by atoms with Crippen LogP contribution in [0.5, 0.6) is 0 Å². The van der Waals surface area contributed by atoms with Crippen molar-refractivity contribution in [2.24, 2.45) is 0 Å². The second-order valence-corrected chi connectivity index (χ2v) is 3.69. The minimum Gasteiger partial charge on any atom is -0.392 e. The van der Waals surface area contributed by atoms with Crippen molar-refractivity contribution in [1.82, 2.24) is 0 Å². The van der Waals surface area contributed by atoms with Crippen LogP contribution >= 0.6 is 0 Å². The zero-order valence-electron chi connectivity index (χ0n) is 9.63. The number of carbonyl (C=O) groups is 1. The molecule has 1 aromatic carbocycles. The van der Waals surface area contributed by atoms with Gasteiger partial charge in [-0.3, -0.25) is 4.79 Å². The lowest BCUT2D eigenvalue weighted by molar-refractivity contribution is 0.101. The van der Waals surface area contributed by atoms with Crippen LogP contribution < -0.4 is 0 Å². The van der Waals surface area contributed by atoms with E-state index in [9.17, 15) is 9.90 Å². The minimum absolute atomic E-state index is 0.0601. The van der Waals surface area contributed by atoms with E-state index in [1.54, 1.807) is 6.92 Å². The molecule has 0 amide bonds. The summed E-state index contributed by atoms with van der Waals surface area (Å²) in [6.45, 7) is 5.72. The second kappa shape index (κ2) is 5.08. The number of aliphatic hydroxyl groups is 1. The van der Waals surface area contributed by atoms with Crippen molar-refractivity contribution in [2.75, 3.05) is 0 Å². The summed E-state index contributed by atoms with van der Waals surface area (Å²) < 4.78 is 0. The maximum Gasteiger partial charge on any atom is 0.159 e. The van der Waals surface area contributed by atoms with Gasteiger partial charge in [0, 0.05) is 5.56 Å². The Morgan fingerprint density at radius 1 is 1.20 bits per heavy atom. The van der Waals surface area contributed by atoms with E-state index in [0.29, 0.717) is 0 Å². The summed E-state index contributed by atoms with van der Waals surface area (Å²) in [6.07, 6.45) is 1.70. The van der Waals surface area contributed by atoms with Gasteiger partial charge in [0.2, 0.25) is 0 Å². The Kier molecular flexibility index (Phi) is 4.04. The molecule has 0 unspecified atom stereocenters. The summed E-state index contributed by atoms with van der Waals surface area (Å²) in [5, 5.41) is 9.31. The van der Waals surface area contributed by atoms with E-state index in [4.69, 9.17) is 0 Å². The summed E-state index contributed by atoms with van der Waals surface area (Å²) >= 11 is 0. The van der Waals surface area contributed by atoms with Crippen molar-refractivity contribution >= 4 is 5.78 Å². The molecule has 2 heteroatoms. The molecule has 0 heterocycles. The average Bonchev–Trinajstić information content (AvgIpc) is 2.26. The van der Waals surface area contributed by atoms with E-state index in [-0.39, 0.29) is 12.4 Å². The fourth-order valence-electron chi connectivity index (χ4n) is 1.83. The van der Waals surface area contributed by atoms with Crippen LogP contribution in [0.1, 0.15) is 47.8 Å². The van der Waals surface area contributed by atoms with E-state index < -0.39 is 0 Å². The molecule has 0 atom stereocenters. The van der Waals surface area contributed by atoms with Crippen molar-refractivity contribution in [3.8, 4) is 0 Å². The predicted octanol–water partition coefficient (Wildman–Crippen LogP) is 2.51. The lowest BCUT2D eigenvalue weighted by Crippen LogP contribution is -2.03. The molecule has 0 saturated heterocycles. The van der Waals surface area contributed by atoms with Crippen molar-refractivity contribution in [3.63, 3.8) is 0 Å².